The van der Waals surface area contributed by atoms with Crippen molar-refractivity contribution < 1.29 is 9.13 Å². The number of hydrogen-bond donors (Lipinski definition) is 0. The molecule has 0 aliphatic carbocycles. The van der Waals surface area contributed by atoms with Crippen molar-refractivity contribution in [2.75, 3.05) is 19.5 Å². The first-order valence-electron chi connectivity index (χ1n) is 4.26. The summed E-state index contributed by atoms with van der Waals surface area (Å²) in [5.41, 5.74) is -0.312. The van der Waals surface area contributed by atoms with Gasteiger partial charge in [-0.25, -0.2) is 4.39 Å². The minimum absolute atomic E-state index is 0.00579. The second kappa shape index (κ2) is 3.95. The Hall–Kier alpha value is -0.120. The SMILES string of the molecule is CN1[C@@H](/C=C(\F)CCl)COC1(C)C. The molecule has 1 atom stereocenters. The zero-order valence-corrected chi connectivity index (χ0v) is 8.94. The fourth-order valence-electron chi connectivity index (χ4n) is 1.32. The Labute approximate surface area is 83.3 Å². The Kier molecular flexibility index (Phi) is 3.33. The molecule has 13 heavy (non-hydrogen) atoms. The lowest BCUT2D eigenvalue weighted by Crippen LogP contribution is -2.39. The van der Waals surface area contributed by atoms with Gasteiger partial charge in [0.15, 0.2) is 0 Å². The molecule has 1 aliphatic heterocycles. The lowest BCUT2D eigenvalue weighted by atomic mass is 10.2. The van der Waals surface area contributed by atoms with Crippen LogP contribution in [0.1, 0.15) is 13.8 Å². The van der Waals surface area contributed by atoms with Gasteiger partial charge < -0.3 is 4.74 Å². The topological polar surface area (TPSA) is 12.5 Å². The average molecular weight is 208 g/mol. The number of alkyl halides is 1. The van der Waals surface area contributed by atoms with Gasteiger partial charge in [0.25, 0.3) is 0 Å². The van der Waals surface area contributed by atoms with Gasteiger partial charge >= 0.3 is 0 Å². The van der Waals surface area contributed by atoms with Gasteiger partial charge in [-0.1, -0.05) is 0 Å². The maximum atomic E-state index is 12.9. The Bertz CT molecular complexity index is 218. The van der Waals surface area contributed by atoms with E-state index in [4.69, 9.17) is 16.3 Å². The molecule has 0 saturated carbocycles. The van der Waals surface area contributed by atoms with Crippen molar-refractivity contribution in [3.8, 4) is 0 Å². The molecule has 0 N–H and O–H groups in total. The molecule has 0 aromatic carbocycles. The van der Waals surface area contributed by atoms with Crippen molar-refractivity contribution in [3.63, 3.8) is 0 Å². The predicted molar refractivity (Wildman–Crippen MR) is 51.5 cm³/mol. The minimum atomic E-state index is -0.312. The van der Waals surface area contributed by atoms with Crippen LogP contribution >= 0.6 is 11.6 Å². The number of allylic oxidation sites excluding steroid dienone is 1. The summed E-state index contributed by atoms with van der Waals surface area (Å²) in [5.74, 6) is -0.357. The number of hydrogen-bond acceptors (Lipinski definition) is 2. The van der Waals surface area contributed by atoms with Crippen LogP contribution in [0, 0.1) is 0 Å². The van der Waals surface area contributed by atoms with Crippen LogP contribution in [-0.4, -0.2) is 36.2 Å². The minimum Gasteiger partial charge on any atom is -0.359 e. The highest BCUT2D eigenvalue weighted by atomic mass is 35.5. The Morgan fingerprint density at radius 1 is 1.77 bits per heavy atom. The van der Waals surface area contributed by atoms with E-state index in [1.165, 1.54) is 6.08 Å². The molecule has 4 heteroatoms. The molecular weight excluding hydrogens is 193 g/mol. The molecule has 1 fully saturated rings. The van der Waals surface area contributed by atoms with E-state index in [9.17, 15) is 4.39 Å². The summed E-state index contributed by atoms with van der Waals surface area (Å²) in [5, 5.41) is 0. The molecule has 0 radical (unpaired) electrons. The zero-order valence-electron chi connectivity index (χ0n) is 8.18. The zero-order chi connectivity index (χ0) is 10.1. The molecule has 0 amide bonds. The van der Waals surface area contributed by atoms with Crippen LogP contribution in [0.5, 0.6) is 0 Å². The molecule has 0 bridgehead atoms. The third kappa shape index (κ3) is 2.42. The highest BCUT2D eigenvalue weighted by Gasteiger charge is 2.36. The summed E-state index contributed by atoms with van der Waals surface area (Å²) in [6.07, 6.45) is 1.52. The van der Waals surface area contributed by atoms with Crippen LogP contribution in [0.15, 0.2) is 11.9 Å². The molecule has 0 spiro atoms. The predicted octanol–water partition coefficient (Wildman–Crippen LogP) is 2.15. The summed E-state index contributed by atoms with van der Waals surface area (Å²) in [7, 11) is 1.91. The monoisotopic (exact) mass is 207 g/mol. The van der Waals surface area contributed by atoms with Gasteiger partial charge in [-0.15, -0.1) is 11.6 Å². The molecule has 2 nitrogen and oxygen atoms in total. The van der Waals surface area contributed by atoms with Crippen LogP contribution in [0.2, 0.25) is 0 Å². The van der Waals surface area contributed by atoms with Gasteiger partial charge in [-0.3, -0.25) is 4.90 Å². The standard InChI is InChI=1S/C9H15ClFNO/c1-9(2)12(3)8(6-13-9)4-7(11)5-10/h4,8H,5-6H2,1-3H3/b7-4-/t8-/m0/s1. The van der Waals surface area contributed by atoms with Crippen molar-refractivity contribution in [1.29, 1.82) is 0 Å². The maximum Gasteiger partial charge on any atom is 0.116 e. The largest absolute Gasteiger partial charge is 0.359 e. The van der Waals surface area contributed by atoms with Gasteiger partial charge in [-0.05, 0) is 27.0 Å². The van der Waals surface area contributed by atoms with Gasteiger partial charge in [0, 0.05) is 0 Å². The van der Waals surface area contributed by atoms with Gasteiger partial charge in [0.2, 0.25) is 0 Å². The van der Waals surface area contributed by atoms with Crippen molar-refractivity contribution in [2.45, 2.75) is 25.6 Å². The van der Waals surface area contributed by atoms with E-state index in [1.54, 1.807) is 0 Å². The average Bonchev–Trinajstić information content (AvgIpc) is 2.32. The summed E-state index contributed by atoms with van der Waals surface area (Å²) in [6.45, 7) is 4.44. The van der Waals surface area contributed by atoms with Crippen LogP contribution in [0.4, 0.5) is 4.39 Å². The number of halogens is 2. The van der Waals surface area contributed by atoms with Crippen molar-refractivity contribution >= 4 is 11.6 Å². The summed E-state index contributed by atoms with van der Waals surface area (Å²) in [4.78, 5) is 1.99. The Morgan fingerprint density at radius 2 is 2.38 bits per heavy atom. The smallest absolute Gasteiger partial charge is 0.116 e. The van der Waals surface area contributed by atoms with Crippen LogP contribution < -0.4 is 0 Å². The van der Waals surface area contributed by atoms with Crippen molar-refractivity contribution in [2.24, 2.45) is 0 Å². The number of likely N-dealkylation sites (N-methyl/N-ethyl adjacent to an activating group) is 1. The van der Waals surface area contributed by atoms with Crippen molar-refractivity contribution in [1.82, 2.24) is 4.90 Å². The summed E-state index contributed by atoms with van der Waals surface area (Å²) >= 11 is 5.35. The van der Waals surface area contributed by atoms with E-state index >= 15 is 0 Å². The molecule has 1 saturated heterocycles. The van der Waals surface area contributed by atoms with Gasteiger partial charge in [-0.2, -0.15) is 0 Å². The van der Waals surface area contributed by atoms with Gasteiger partial charge in [0.05, 0.1) is 18.5 Å². The first kappa shape index (κ1) is 11.0. The molecule has 1 rings (SSSR count). The van der Waals surface area contributed by atoms with Crippen LogP contribution in [0.25, 0.3) is 0 Å². The number of ether oxygens (including phenoxy) is 1. The molecular formula is C9H15ClFNO. The quantitative estimate of drug-likeness (QED) is 0.644. The molecule has 0 aromatic rings. The van der Waals surface area contributed by atoms with E-state index in [0.717, 1.165) is 0 Å². The maximum absolute atomic E-state index is 12.9. The first-order valence-corrected chi connectivity index (χ1v) is 4.80. The fraction of sp³-hybridized carbons (Fsp3) is 0.778. The van der Waals surface area contributed by atoms with E-state index < -0.39 is 0 Å². The molecule has 1 aliphatic rings. The van der Waals surface area contributed by atoms with E-state index in [1.807, 2.05) is 25.8 Å². The van der Waals surface area contributed by atoms with E-state index in [-0.39, 0.29) is 23.5 Å². The second-order valence-corrected chi connectivity index (χ2v) is 3.95. The van der Waals surface area contributed by atoms with Gasteiger partial charge in [0.1, 0.15) is 11.6 Å². The molecule has 76 valence electrons. The highest BCUT2D eigenvalue weighted by Crippen LogP contribution is 2.26. The number of rotatable bonds is 2. The van der Waals surface area contributed by atoms with E-state index in [0.29, 0.717) is 6.61 Å². The third-order valence-corrected chi connectivity index (χ3v) is 2.71. The normalized spacial score (nSPS) is 29.6. The lowest BCUT2D eigenvalue weighted by molar-refractivity contribution is -0.0402. The molecule has 1 heterocycles. The van der Waals surface area contributed by atoms with Crippen molar-refractivity contribution in [3.05, 3.63) is 11.9 Å². The van der Waals surface area contributed by atoms with E-state index in [2.05, 4.69) is 0 Å². The Balaban J connectivity index is 2.66. The summed E-state index contributed by atoms with van der Waals surface area (Å²) < 4.78 is 18.3. The Morgan fingerprint density at radius 3 is 2.77 bits per heavy atom. The molecule has 0 aromatic heterocycles. The number of nitrogens with zero attached hydrogens (tertiary/aromatic N) is 1. The van der Waals surface area contributed by atoms with Crippen LogP contribution in [0.3, 0.4) is 0 Å². The van der Waals surface area contributed by atoms with Crippen LogP contribution in [-0.2, 0) is 4.74 Å². The fourth-order valence-corrected chi connectivity index (χ4v) is 1.40. The summed E-state index contributed by atoms with van der Waals surface area (Å²) in [6, 6.07) is -0.00579. The lowest BCUT2D eigenvalue weighted by Gasteiger charge is -2.28. The molecule has 0 unspecified atom stereocenters. The third-order valence-electron chi connectivity index (χ3n) is 2.46. The highest BCUT2D eigenvalue weighted by molar-refractivity contribution is 6.19. The second-order valence-electron chi connectivity index (χ2n) is 3.68. The first-order chi connectivity index (χ1) is 5.97.